The summed E-state index contributed by atoms with van der Waals surface area (Å²) < 4.78 is 57.3. The zero-order chi connectivity index (χ0) is 65.8. The van der Waals surface area contributed by atoms with Crippen molar-refractivity contribution >= 4 is 100 Å². The molecule has 0 fully saturated rings. The van der Waals surface area contributed by atoms with Gasteiger partial charge >= 0.3 is 65.2 Å². The van der Waals surface area contributed by atoms with Gasteiger partial charge in [0.2, 0.25) is 35.4 Å². The molecule has 0 bridgehead atoms. The van der Waals surface area contributed by atoms with Gasteiger partial charge in [-0.25, -0.2) is 0 Å². The molecule has 6 N–H and O–H groups in total. The van der Waals surface area contributed by atoms with Crippen molar-refractivity contribution in [1.82, 2.24) is 32.9 Å². The second kappa shape index (κ2) is 79.9. The Balaban J connectivity index is -0.0000000748. The van der Waals surface area contributed by atoms with E-state index in [1.54, 1.807) is 257 Å². The molecule has 6 aromatic carbocycles. The first-order chi connectivity index (χ1) is 39.4. The maximum atomic E-state index is 10.6. The van der Waals surface area contributed by atoms with E-state index in [-0.39, 0.29) is 81.6 Å². The van der Waals surface area contributed by atoms with Gasteiger partial charge in [0.25, 0.3) is 0 Å². The summed E-state index contributed by atoms with van der Waals surface area (Å²) in [6.07, 6.45) is 19.7. The Bertz CT molecular complexity index is 2290. The summed E-state index contributed by atoms with van der Waals surface area (Å²) in [4.78, 5) is 63.5. The topological polar surface area (TPSA) is 501 Å². The summed E-state index contributed by atoms with van der Waals surface area (Å²) >= 11 is 0. The van der Waals surface area contributed by atoms with Crippen LogP contribution < -0.4 is 32.9 Å². The Hall–Kier alpha value is -5.18. The number of carbonyl (C=O) groups excluding carboxylic acids is 6. The number of hydroxylamine groups is 6. The Labute approximate surface area is 585 Å². The summed E-state index contributed by atoms with van der Waals surface area (Å²) in [6, 6.07) is 50.0. The molecule has 0 spiro atoms. The van der Waals surface area contributed by atoms with Gasteiger partial charge in [0.1, 0.15) is 0 Å². The molecule has 0 aliphatic carbocycles. The largest absolute Gasteiger partial charge is 4.00 e. The molecule has 6 rings (SSSR count). The normalized spacial score (nSPS) is 8.27. The van der Waals surface area contributed by atoms with Crippen LogP contribution in [0, 0.1) is 31.2 Å². The number of nitrogens with one attached hydrogen (secondary N) is 6. The van der Waals surface area contributed by atoms with Crippen LogP contribution in [-0.4, -0.2) is 136 Å². The summed E-state index contributed by atoms with van der Waals surface area (Å²) in [5.74, 6) is -3.58. The molecule has 36 heteroatoms. The molecular formula is C54H72N6O21S6Ti3. The molecule has 0 radical (unpaired) electrons. The van der Waals surface area contributed by atoms with E-state index in [4.69, 9.17) is 0 Å². The number of amides is 6. The van der Waals surface area contributed by atoms with Crippen LogP contribution in [0.5, 0.6) is 0 Å². The van der Waals surface area contributed by atoms with Gasteiger partial charge in [-0.2, -0.15) is 0 Å². The van der Waals surface area contributed by atoms with Gasteiger partial charge in [-0.05, 0) is 72.8 Å². The molecule has 0 saturated heterocycles. The van der Waals surface area contributed by atoms with E-state index in [0.29, 0.717) is 33.4 Å². The average molecular weight is 1480 g/mol. The Kier molecular flexibility index (Phi) is 99.8. The summed E-state index contributed by atoms with van der Waals surface area (Å²) in [5, 5.41) is 59.0. The molecule has 492 valence electrons. The molecule has 0 saturated carbocycles. The van der Waals surface area contributed by atoms with Crippen LogP contribution in [0.15, 0.2) is 182 Å². The molecule has 0 aliphatic heterocycles. The second-order valence-electron chi connectivity index (χ2n) is 15.2. The number of benzene rings is 6. The fraction of sp³-hybridized carbons (Fsp3) is 0.222. The van der Waals surface area contributed by atoms with E-state index >= 15 is 0 Å². The Morgan fingerprint density at radius 2 is 0.289 bits per heavy atom. The van der Waals surface area contributed by atoms with Crippen LogP contribution in [0.3, 0.4) is 0 Å². The van der Waals surface area contributed by atoms with Crippen molar-refractivity contribution in [3.63, 3.8) is 0 Å². The monoisotopic (exact) mass is 1480 g/mol. The SMILES string of the molecule is CS(C)=O.CS(C)=O.CS(C)=O.CS(C)=O.CS(C)=O.CS(C)=O.O=C(N[O-])c1ccccc1.O=C(N[O-])c1ccccc1.O=C(N[O-])c1ccccc1.O=C(N[O-])c1ccccc1.O=C(N[O-])c1ccccc1.O=C(N[O-])c1ccccc1.[O-2].[O-2].[O-2].[Ti+4].[Ti+4].[Ti+4]. The predicted octanol–water partition coefficient (Wildman–Crippen LogP) is 5.09. The summed E-state index contributed by atoms with van der Waals surface area (Å²) in [5.41, 5.74) is 10.1. The average Bonchev–Trinajstić information content (AvgIpc) is 3.47. The minimum absolute atomic E-state index is 0. The third kappa shape index (κ3) is 89.2. The molecule has 6 amide bonds. The van der Waals surface area contributed by atoms with Gasteiger partial charge in [-0.15, -0.1) is 0 Å². The van der Waals surface area contributed by atoms with Crippen molar-refractivity contribution in [2.75, 3.05) is 75.1 Å². The third-order valence-corrected chi connectivity index (χ3v) is 6.77. The minimum Gasteiger partial charge on any atom is -2.00 e. The molecular weight excluding hydrogens is 1400 g/mol. The van der Waals surface area contributed by atoms with Gasteiger partial charge in [-0.3, -0.25) is 54.0 Å². The van der Waals surface area contributed by atoms with Gasteiger partial charge in [0, 0.05) is 173 Å². The molecule has 0 heterocycles. The van der Waals surface area contributed by atoms with E-state index in [9.17, 15) is 85.3 Å². The molecule has 0 aliphatic rings. The zero-order valence-electron chi connectivity index (χ0n) is 50.8. The van der Waals surface area contributed by atoms with E-state index in [0.717, 1.165) is 0 Å². The van der Waals surface area contributed by atoms with Crippen molar-refractivity contribution in [3.05, 3.63) is 247 Å². The van der Waals surface area contributed by atoms with Crippen molar-refractivity contribution in [2.24, 2.45) is 0 Å². The Morgan fingerprint density at radius 3 is 0.344 bits per heavy atom. The fourth-order valence-electron chi connectivity index (χ4n) is 3.89. The van der Waals surface area contributed by atoms with Gasteiger partial charge < -0.3 is 80.6 Å². The van der Waals surface area contributed by atoms with Crippen LogP contribution >= 0.6 is 0 Å². The van der Waals surface area contributed by atoms with E-state index in [1.807, 2.05) is 0 Å². The summed E-state index contributed by atoms with van der Waals surface area (Å²) in [7, 11) is -3.67. The number of rotatable bonds is 6. The minimum atomic E-state index is -0.611. The maximum absolute atomic E-state index is 10.6. The van der Waals surface area contributed by atoms with Crippen molar-refractivity contribution in [3.8, 4) is 0 Å². The van der Waals surface area contributed by atoms with E-state index in [1.165, 1.54) is 32.9 Å². The van der Waals surface area contributed by atoms with E-state index in [2.05, 4.69) is 0 Å². The molecule has 27 nitrogen and oxygen atoms in total. The molecule has 90 heavy (non-hydrogen) atoms. The standard InChI is InChI=1S/6C7H6NO2.6C2H6OS.3O.3Ti/c6*9-7(8-10)6-4-2-1-3-5-6;6*1-4(2)3;;;;;;/h6*1-5H,(H-,8,9,10);6*1-2H3;;;;;;/q6*-1;;;;;;;3*-2;3*+4. The van der Waals surface area contributed by atoms with Crippen molar-refractivity contribution in [2.45, 2.75) is 0 Å². The smallest absolute Gasteiger partial charge is 2.00 e. The molecule has 0 aromatic heterocycles. The van der Waals surface area contributed by atoms with Gasteiger partial charge in [0.05, 0.1) is 0 Å². The summed E-state index contributed by atoms with van der Waals surface area (Å²) in [6.45, 7) is 0. The first-order valence-corrected chi connectivity index (χ1v) is 34.6. The molecule has 6 aromatic rings. The van der Waals surface area contributed by atoms with Gasteiger partial charge in [-0.1, -0.05) is 109 Å². The zero-order valence-corrected chi connectivity index (χ0v) is 60.4. The van der Waals surface area contributed by atoms with E-state index < -0.39 is 100 Å². The first kappa shape index (κ1) is 112. The quantitative estimate of drug-likeness (QED) is 0.0934. The number of hydrogen-bond acceptors (Lipinski definition) is 18. The van der Waals surface area contributed by atoms with Crippen LogP contribution in [0.1, 0.15) is 62.1 Å². The first-order valence-electron chi connectivity index (χ1n) is 22.8. The molecule has 0 atom stereocenters. The third-order valence-electron chi connectivity index (χ3n) is 6.77. The number of hydrogen-bond donors (Lipinski definition) is 6. The Morgan fingerprint density at radius 1 is 0.222 bits per heavy atom. The van der Waals surface area contributed by atoms with Crippen LogP contribution in [0.25, 0.3) is 0 Å². The van der Waals surface area contributed by atoms with Crippen LogP contribution in [-0.2, 0) is 146 Å². The van der Waals surface area contributed by atoms with Crippen LogP contribution in [0.4, 0.5) is 0 Å². The fourth-order valence-corrected chi connectivity index (χ4v) is 3.89. The van der Waals surface area contributed by atoms with Crippen LogP contribution in [0.2, 0.25) is 0 Å². The second-order valence-corrected chi connectivity index (χ2v) is 24.1. The number of carbonyl (C=O) groups is 6. The van der Waals surface area contributed by atoms with Crippen molar-refractivity contribution in [1.29, 1.82) is 0 Å². The van der Waals surface area contributed by atoms with Crippen molar-refractivity contribution < 1.29 is 136 Å². The van der Waals surface area contributed by atoms with Gasteiger partial charge in [0.15, 0.2) is 0 Å². The maximum Gasteiger partial charge on any atom is 4.00 e. The molecule has 0 unspecified atom stereocenters. The predicted molar refractivity (Wildman–Crippen MR) is 346 cm³/mol.